The molecule has 6 heteroatoms. The molecule has 0 aliphatic rings. The van der Waals surface area contributed by atoms with Crippen LogP contribution in [0.25, 0.3) is 22.4 Å². The zero-order valence-electron chi connectivity index (χ0n) is 9.25. The van der Waals surface area contributed by atoms with Gasteiger partial charge in [-0.05, 0) is 30.3 Å². The van der Waals surface area contributed by atoms with E-state index in [-0.39, 0.29) is 16.0 Å². The van der Waals surface area contributed by atoms with E-state index < -0.39 is 0 Å². The van der Waals surface area contributed by atoms with Crippen molar-refractivity contribution in [3.8, 4) is 11.5 Å². The number of halogens is 4. The maximum Gasteiger partial charge on any atom is 0.155 e. The molecule has 2 heterocycles. The van der Waals surface area contributed by atoms with Gasteiger partial charge in [0.1, 0.15) is 22.2 Å². The van der Waals surface area contributed by atoms with E-state index in [0.717, 1.165) is 0 Å². The number of fused-ring (bicyclic) bond motifs is 1. The Labute approximate surface area is 122 Å². The summed E-state index contributed by atoms with van der Waals surface area (Å²) in [6, 6.07) is 7.37. The van der Waals surface area contributed by atoms with Crippen LogP contribution in [0.5, 0.6) is 0 Å². The molecular weight excluding hydrogens is 312 g/mol. The van der Waals surface area contributed by atoms with Crippen molar-refractivity contribution in [1.82, 2.24) is 4.98 Å². The molecule has 96 valence electrons. The predicted octanol–water partition coefficient (Wildman–Crippen LogP) is 5.59. The van der Waals surface area contributed by atoms with Crippen molar-refractivity contribution in [3.63, 3.8) is 0 Å². The minimum Gasteiger partial charge on any atom is -0.454 e. The molecule has 0 aliphatic heterocycles. The van der Waals surface area contributed by atoms with Gasteiger partial charge in [0.05, 0.1) is 10.0 Å². The Balaban J connectivity index is 2.21. The van der Waals surface area contributed by atoms with E-state index in [1.807, 2.05) is 0 Å². The summed E-state index contributed by atoms with van der Waals surface area (Å²) in [7, 11) is 0. The lowest BCUT2D eigenvalue weighted by Gasteiger charge is -2.01. The standard InChI is InChI=1S/C13H5Cl3FNO/c14-8-5-9(15)13(16)18-12(8)11-4-6-3-7(17)1-2-10(6)19-11/h1-5H. The van der Waals surface area contributed by atoms with Crippen LogP contribution in [0.15, 0.2) is 34.7 Å². The van der Waals surface area contributed by atoms with Gasteiger partial charge in [0.15, 0.2) is 5.76 Å². The third-order valence-corrected chi connectivity index (χ3v) is 3.56. The van der Waals surface area contributed by atoms with Gasteiger partial charge in [-0.2, -0.15) is 0 Å². The molecule has 0 spiro atoms. The first-order valence-electron chi connectivity index (χ1n) is 5.25. The number of nitrogens with zero attached hydrogens (tertiary/aromatic N) is 1. The molecule has 2 nitrogen and oxygen atoms in total. The van der Waals surface area contributed by atoms with Gasteiger partial charge in [0.2, 0.25) is 0 Å². The molecule has 0 N–H and O–H groups in total. The van der Waals surface area contributed by atoms with E-state index in [1.165, 1.54) is 18.2 Å². The second-order valence-electron chi connectivity index (χ2n) is 3.88. The fourth-order valence-electron chi connectivity index (χ4n) is 1.75. The summed E-state index contributed by atoms with van der Waals surface area (Å²) < 4.78 is 18.7. The van der Waals surface area contributed by atoms with Gasteiger partial charge in [-0.3, -0.25) is 0 Å². The average molecular weight is 317 g/mol. The maximum atomic E-state index is 13.1. The van der Waals surface area contributed by atoms with Gasteiger partial charge in [-0.25, -0.2) is 9.37 Å². The third-order valence-electron chi connectivity index (χ3n) is 2.60. The zero-order chi connectivity index (χ0) is 13.6. The lowest BCUT2D eigenvalue weighted by molar-refractivity contribution is 0.618. The summed E-state index contributed by atoms with van der Waals surface area (Å²) in [5, 5.41) is 1.33. The van der Waals surface area contributed by atoms with E-state index in [2.05, 4.69) is 4.98 Å². The highest BCUT2D eigenvalue weighted by Crippen LogP contribution is 2.35. The Morgan fingerprint density at radius 2 is 1.79 bits per heavy atom. The van der Waals surface area contributed by atoms with Crippen molar-refractivity contribution in [2.75, 3.05) is 0 Å². The topological polar surface area (TPSA) is 26.0 Å². The van der Waals surface area contributed by atoms with Crippen LogP contribution < -0.4 is 0 Å². The van der Waals surface area contributed by atoms with E-state index in [0.29, 0.717) is 27.4 Å². The van der Waals surface area contributed by atoms with Gasteiger partial charge in [-0.1, -0.05) is 34.8 Å². The summed E-state index contributed by atoms with van der Waals surface area (Å²) in [5.41, 5.74) is 0.910. The van der Waals surface area contributed by atoms with Crippen molar-refractivity contribution < 1.29 is 8.81 Å². The Bertz CT molecular complexity index is 785. The number of furan rings is 1. The summed E-state index contributed by atoms with van der Waals surface area (Å²) in [4.78, 5) is 4.07. The molecule has 0 radical (unpaired) electrons. The van der Waals surface area contributed by atoms with E-state index in [4.69, 9.17) is 39.2 Å². The fraction of sp³-hybridized carbons (Fsp3) is 0. The number of benzene rings is 1. The molecule has 1 aromatic carbocycles. The number of pyridine rings is 1. The van der Waals surface area contributed by atoms with Crippen LogP contribution in [0.3, 0.4) is 0 Å². The molecule has 19 heavy (non-hydrogen) atoms. The average Bonchev–Trinajstić information content (AvgIpc) is 2.76. The van der Waals surface area contributed by atoms with E-state index in [9.17, 15) is 4.39 Å². The minimum absolute atomic E-state index is 0.132. The highest BCUT2D eigenvalue weighted by molar-refractivity contribution is 6.42. The molecular formula is C13H5Cl3FNO. The summed E-state index contributed by atoms with van der Waals surface area (Å²) in [5.74, 6) is 0.0669. The molecule has 0 amide bonds. The number of hydrogen-bond acceptors (Lipinski definition) is 2. The SMILES string of the molecule is Fc1ccc2oc(-c3nc(Cl)c(Cl)cc3Cl)cc2c1. The molecule has 0 unspecified atom stereocenters. The van der Waals surface area contributed by atoms with Gasteiger partial charge in [0, 0.05) is 5.39 Å². The lowest BCUT2D eigenvalue weighted by atomic mass is 10.2. The van der Waals surface area contributed by atoms with Crippen molar-refractivity contribution in [3.05, 3.63) is 51.3 Å². The van der Waals surface area contributed by atoms with E-state index in [1.54, 1.807) is 12.1 Å². The Kier molecular flexibility index (Phi) is 3.13. The molecule has 0 bridgehead atoms. The normalized spacial score (nSPS) is 11.2. The molecule has 0 fully saturated rings. The van der Waals surface area contributed by atoms with Crippen molar-refractivity contribution in [2.24, 2.45) is 0 Å². The van der Waals surface area contributed by atoms with Crippen LogP contribution in [0.4, 0.5) is 4.39 Å². The first-order valence-corrected chi connectivity index (χ1v) is 6.39. The smallest absolute Gasteiger partial charge is 0.155 e. The Hall–Kier alpha value is -1.29. The second-order valence-corrected chi connectivity index (χ2v) is 5.06. The van der Waals surface area contributed by atoms with Gasteiger partial charge >= 0.3 is 0 Å². The Morgan fingerprint density at radius 1 is 1.00 bits per heavy atom. The van der Waals surface area contributed by atoms with Crippen LogP contribution >= 0.6 is 34.8 Å². The third kappa shape index (κ3) is 2.29. The van der Waals surface area contributed by atoms with E-state index >= 15 is 0 Å². The van der Waals surface area contributed by atoms with Crippen LogP contribution in [0.2, 0.25) is 15.2 Å². The number of aromatic nitrogens is 1. The Morgan fingerprint density at radius 3 is 2.58 bits per heavy atom. The highest BCUT2D eigenvalue weighted by Gasteiger charge is 2.14. The first kappa shape index (κ1) is 12.7. The molecule has 0 saturated heterocycles. The fourth-order valence-corrected chi connectivity index (χ4v) is 2.34. The van der Waals surface area contributed by atoms with Crippen LogP contribution in [0, 0.1) is 5.82 Å². The maximum absolute atomic E-state index is 13.1. The summed E-state index contributed by atoms with van der Waals surface area (Å²) in [6.07, 6.45) is 0. The van der Waals surface area contributed by atoms with Gasteiger partial charge < -0.3 is 4.42 Å². The molecule has 3 aromatic rings. The first-order chi connectivity index (χ1) is 9.04. The zero-order valence-corrected chi connectivity index (χ0v) is 11.5. The molecule has 0 aliphatic carbocycles. The molecule has 0 atom stereocenters. The summed E-state index contributed by atoms with van der Waals surface area (Å²) in [6.45, 7) is 0. The predicted molar refractivity (Wildman–Crippen MR) is 74.4 cm³/mol. The van der Waals surface area contributed by atoms with Crippen LogP contribution in [0.1, 0.15) is 0 Å². The van der Waals surface area contributed by atoms with Crippen LogP contribution in [-0.2, 0) is 0 Å². The van der Waals surface area contributed by atoms with Crippen molar-refractivity contribution in [1.29, 1.82) is 0 Å². The lowest BCUT2D eigenvalue weighted by Crippen LogP contribution is -1.85. The quantitative estimate of drug-likeness (QED) is 0.547. The van der Waals surface area contributed by atoms with Gasteiger partial charge in [0.25, 0.3) is 0 Å². The second kappa shape index (κ2) is 4.67. The minimum atomic E-state index is -0.340. The largest absolute Gasteiger partial charge is 0.454 e. The molecule has 2 aromatic heterocycles. The van der Waals surface area contributed by atoms with Crippen molar-refractivity contribution >= 4 is 45.8 Å². The highest BCUT2D eigenvalue weighted by atomic mass is 35.5. The molecule has 3 rings (SSSR count). The number of hydrogen-bond donors (Lipinski definition) is 0. The number of rotatable bonds is 1. The summed E-state index contributed by atoms with van der Waals surface area (Å²) >= 11 is 17.7. The van der Waals surface area contributed by atoms with Crippen LogP contribution in [-0.4, -0.2) is 4.98 Å². The van der Waals surface area contributed by atoms with Gasteiger partial charge in [-0.15, -0.1) is 0 Å². The van der Waals surface area contributed by atoms with Crippen molar-refractivity contribution in [2.45, 2.75) is 0 Å². The molecule has 0 saturated carbocycles. The monoisotopic (exact) mass is 315 g/mol.